The molecule has 206 valence electrons. The highest BCUT2D eigenvalue weighted by molar-refractivity contribution is 5.05. The molecule has 7 nitrogen and oxygen atoms in total. The minimum atomic E-state index is -0.550. The quantitative estimate of drug-likeness (QED) is 0.315. The SMILES string of the molecule is CCNC(NC(N)(C1CCC1)N(C)C1CC(C)(C)NC(C)(C)C1)N(C)C1CC(C)(C)NC(C)(C)C1. The Morgan fingerprint density at radius 2 is 1.26 bits per heavy atom. The predicted molar refractivity (Wildman–Crippen MR) is 149 cm³/mol. The van der Waals surface area contributed by atoms with Crippen LogP contribution in [0.2, 0.25) is 0 Å². The van der Waals surface area contributed by atoms with Crippen molar-refractivity contribution in [3.63, 3.8) is 0 Å². The van der Waals surface area contributed by atoms with E-state index in [0.29, 0.717) is 18.0 Å². The van der Waals surface area contributed by atoms with Crippen molar-refractivity contribution in [2.24, 2.45) is 11.7 Å². The van der Waals surface area contributed by atoms with Crippen molar-refractivity contribution in [2.45, 2.75) is 154 Å². The van der Waals surface area contributed by atoms with Crippen molar-refractivity contribution in [1.29, 1.82) is 0 Å². The van der Waals surface area contributed by atoms with E-state index in [9.17, 15) is 0 Å². The fourth-order valence-electron chi connectivity index (χ4n) is 7.68. The normalized spacial score (nSPS) is 29.7. The molecule has 7 heteroatoms. The Bertz CT molecular complexity index is 682. The predicted octanol–water partition coefficient (Wildman–Crippen LogP) is 3.36. The summed E-state index contributed by atoms with van der Waals surface area (Å²) in [6.07, 6.45) is 8.11. The Labute approximate surface area is 217 Å². The molecule has 0 aromatic heterocycles. The van der Waals surface area contributed by atoms with Crippen LogP contribution < -0.4 is 27.0 Å². The van der Waals surface area contributed by atoms with Gasteiger partial charge < -0.3 is 16.4 Å². The highest BCUT2D eigenvalue weighted by atomic mass is 15.5. The van der Waals surface area contributed by atoms with Gasteiger partial charge in [-0.3, -0.25) is 20.4 Å². The molecule has 2 atom stereocenters. The summed E-state index contributed by atoms with van der Waals surface area (Å²) < 4.78 is 0. The van der Waals surface area contributed by atoms with E-state index in [2.05, 4.69) is 107 Å². The number of nitrogens with zero attached hydrogens (tertiary/aromatic N) is 2. The second-order valence-electron chi connectivity index (χ2n) is 14.7. The van der Waals surface area contributed by atoms with Gasteiger partial charge in [0.25, 0.3) is 0 Å². The van der Waals surface area contributed by atoms with E-state index in [1.165, 1.54) is 19.3 Å². The van der Waals surface area contributed by atoms with Crippen LogP contribution in [0, 0.1) is 5.92 Å². The van der Waals surface area contributed by atoms with Crippen LogP contribution in [0.25, 0.3) is 0 Å². The second-order valence-corrected chi connectivity index (χ2v) is 14.7. The average molecular weight is 494 g/mol. The fraction of sp³-hybridized carbons (Fsp3) is 1.00. The molecular weight excluding hydrogens is 434 g/mol. The number of piperidine rings is 2. The number of nitrogens with two attached hydrogens (primary N) is 1. The van der Waals surface area contributed by atoms with Crippen molar-refractivity contribution in [3.8, 4) is 0 Å². The molecular formula is C28H59N7. The van der Waals surface area contributed by atoms with Gasteiger partial charge in [0, 0.05) is 40.2 Å². The summed E-state index contributed by atoms with van der Waals surface area (Å²) >= 11 is 0. The lowest BCUT2D eigenvalue weighted by atomic mass is 9.75. The first-order chi connectivity index (χ1) is 15.9. The van der Waals surface area contributed by atoms with Gasteiger partial charge in [0.15, 0.2) is 0 Å². The van der Waals surface area contributed by atoms with Gasteiger partial charge in [-0.25, -0.2) is 0 Å². The van der Waals surface area contributed by atoms with Crippen molar-refractivity contribution in [2.75, 3.05) is 20.6 Å². The maximum absolute atomic E-state index is 7.48. The molecule has 0 bridgehead atoms. The molecule has 2 saturated heterocycles. The molecule has 3 rings (SSSR count). The van der Waals surface area contributed by atoms with Crippen LogP contribution in [-0.4, -0.2) is 76.8 Å². The van der Waals surface area contributed by atoms with Gasteiger partial charge in [-0.1, -0.05) is 13.3 Å². The van der Waals surface area contributed by atoms with Crippen molar-refractivity contribution in [3.05, 3.63) is 0 Å². The molecule has 0 aromatic rings. The first-order valence-electron chi connectivity index (χ1n) is 14.2. The van der Waals surface area contributed by atoms with Crippen molar-refractivity contribution < 1.29 is 0 Å². The van der Waals surface area contributed by atoms with Crippen LogP contribution in [0.3, 0.4) is 0 Å². The largest absolute Gasteiger partial charge is 0.307 e. The molecule has 2 heterocycles. The van der Waals surface area contributed by atoms with Gasteiger partial charge in [-0.2, -0.15) is 0 Å². The van der Waals surface area contributed by atoms with E-state index in [1.807, 2.05) is 0 Å². The molecule has 35 heavy (non-hydrogen) atoms. The summed E-state index contributed by atoms with van der Waals surface area (Å²) in [4.78, 5) is 5.04. The van der Waals surface area contributed by atoms with Gasteiger partial charge in [0.05, 0.1) is 0 Å². The van der Waals surface area contributed by atoms with Gasteiger partial charge in [-0.05, 0) is 115 Å². The summed E-state index contributed by atoms with van der Waals surface area (Å²) in [5.74, 6) is -0.0880. The third-order valence-electron chi connectivity index (χ3n) is 8.94. The van der Waals surface area contributed by atoms with E-state index in [0.717, 1.165) is 32.2 Å². The zero-order chi connectivity index (χ0) is 26.4. The minimum Gasteiger partial charge on any atom is -0.307 e. The highest BCUT2D eigenvalue weighted by Gasteiger charge is 2.50. The van der Waals surface area contributed by atoms with E-state index >= 15 is 0 Å². The third kappa shape index (κ3) is 6.98. The zero-order valence-corrected chi connectivity index (χ0v) is 24.9. The van der Waals surface area contributed by atoms with Gasteiger partial charge >= 0.3 is 0 Å². The molecule has 3 aliphatic rings. The molecule has 2 aliphatic heterocycles. The van der Waals surface area contributed by atoms with Gasteiger partial charge in [0.1, 0.15) is 12.1 Å². The molecule has 0 radical (unpaired) electrons. The molecule has 3 fully saturated rings. The maximum Gasteiger partial charge on any atom is 0.128 e. The number of nitrogens with one attached hydrogen (secondary N) is 4. The summed E-state index contributed by atoms with van der Waals surface area (Å²) in [6, 6.07) is 0.883. The molecule has 6 N–H and O–H groups in total. The van der Waals surface area contributed by atoms with Crippen LogP contribution in [0.4, 0.5) is 0 Å². The van der Waals surface area contributed by atoms with E-state index in [4.69, 9.17) is 5.73 Å². The smallest absolute Gasteiger partial charge is 0.128 e. The molecule has 1 saturated carbocycles. The first-order valence-corrected chi connectivity index (χ1v) is 14.2. The van der Waals surface area contributed by atoms with Crippen LogP contribution in [0.15, 0.2) is 0 Å². The van der Waals surface area contributed by atoms with Crippen molar-refractivity contribution in [1.82, 2.24) is 31.1 Å². The molecule has 0 aromatic carbocycles. The lowest BCUT2D eigenvalue weighted by Crippen LogP contribution is -2.78. The van der Waals surface area contributed by atoms with E-state index < -0.39 is 5.79 Å². The third-order valence-corrected chi connectivity index (χ3v) is 8.94. The highest BCUT2D eigenvalue weighted by Crippen LogP contribution is 2.40. The molecule has 0 amide bonds. The zero-order valence-electron chi connectivity index (χ0n) is 24.9. The minimum absolute atomic E-state index is 0.0190. The first kappa shape index (κ1) is 29.3. The number of rotatable bonds is 9. The van der Waals surface area contributed by atoms with E-state index in [-0.39, 0.29) is 28.4 Å². The van der Waals surface area contributed by atoms with E-state index in [1.54, 1.807) is 0 Å². The maximum atomic E-state index is 7.48. The Balaban J connectivity index is 1.85. The van der Waals surface area contributed by atoms with Gasteiger partial charge in [-0.15, -0.1) is 0 Å². The fourth-order valence-corrected chi connectivity index (χ4v) is 7.68. The Morgan fingerprint density at radius 1 is 0.829 bits per heavy atom. The molecule has 1 aliphatic carbocycles. The topological polar surface area (TPSA) is 80.6 Å². The summed E-state index contributed by atoms with van der Waals surface area (Å²) in [5.41, 5.74) is 7.86. The molecule has 2 unspecified atom stereocenters. The lowest BCUT2D eigenvalue weighted by Gasteiger charge is -2.58. The average Bonchev–Trinajstić information content (AvgIpc) is 2.59. The Hall–Kier alpha value is -0.280. The van der Waals surface area contributed by atoms with Crippen LogP contribution in [-0.2, 0) is 0 Å². The summed E-state index contributed by atoms with van der Waals surface area (Å²) in [6.45, 7) is 21.8. The lowest BCUT2D eigenvalue weighted by molar-refractivity contribution is -0.0898. The Morgan fingerprint density at radius 3 is 1.63 bits per heavy atom. The second kappa shape index (κ2) is 10.1. The Kier molecular flexibility index (Phi) is 8.47. The summed E-state index contributed by atoms with van der Waals surface area (Å²) in [7, 11) is 4.55. The number of hydrogen-bond acceptors (Lipinski definition) is 7. The van der Waals surface area contributed by atoms with Gasteiger partial charge in [0.2, 0.25) is 0 Å². The van der Waals surface area contributed by atoms with Crippen LogP contribution >= 0.6 is 0 Å². The molecule has 0 spiro atoms. The standard InChI is InChI=1S/C28H59N7/c1-12-30-23(34(10)21-16-24(2,3)32-25(4,5)17-21)31-28(29,20-14-13-15-20)35(11)22-18-26(6,7)33-27(8,9)19-22/h20-23,30-33H,12-19,29H2,1-11H3. The van der Waals surface area contributed by atoms with Crippen LogP contribution in [0.5, 0.6) is 0 Å². The number of hydrogen-bond donors (Lipinski definition) is 5. The van der Waals surface area contributed by atoms with Crippen molar-refractivity contribution >= 4 is 0 Å². The van der Waals surface area contributed by atoms with Crippen LogP contribution in [0.1, 0.15) is 107 Å². The summed E-state index contributed by atoms with van der Waals surface area (Å²) in [5, 5.41) is 15.5. The monoisotopic (exact) mass is 493 g/mol.